The first-order valence-corrected chi connectivity index (χ1v) is 7.94. The van der Waals surface area contributed by atoms with Crippen LogP contribution >= 0.6 is 0 Å². The fraction of sp³-hybridized carbons (Fsp3) is 0.167. The molecule has 1 aromatic heterocycles. The van der Waals surface area contributed by atoms with Crippen LogP contribution in [0.15, 0.2) is 48.7 Å². The Labute approximate surface area is 144 Å². The molecule has 4 N–H and O–H groups in total. The second kappa shape index (κ2) is 7.04. The van der Waals surface area contributed by atoms with E-state index >= 15 is 0 Å². The Morgan fingerprint density at radius 1 is 1.00 bits per heavy atom. The number of amides is 3. The number of H-pyrrole nitrogens is 1. The van der Waals surface area contributed by atoms with E-state index in [1.54, 1.807) is 42.6 Å². The van der Waals surface area contributed by atoms with Gasteiger partial charge in [0.05, 0.1) is 28.7 Å². The van der Waals surface area contributed by atoms with Crippen molar-refractivity contribution < 1.29 is 9.59 Å². The number of carbonyl (C=O) groups excluding carboxylic acids is 2. The highest BCUT2D eigenvalue weighted by molar-refractivity contribution is 6.13. The first-order chi connectivity index (χ1) is 12.0. The van der Waals surface area contributed by atoms with Crippen molar-refractivity contribution in [3.8, 4) is 0 Å². The number of aromatic amines is 1. The van der Waals surface area contributed by atoms with Crippen LogP contribution in [0, 0.1) is 0 Å². The lowest BCUT2D eigenvalue weighted by Gasteiger charge is -2.14. The lowest BCUT2D eigenvalue weighted by atomic mass is 10.1. The Hall–Kier alpha value is -3.35. The zero-order valence-electron chi connectivity index (χ0n) is 14.0. The minimum absolute atomic E-state index is 0.0136. The summed E-state index contributed by atoms with van der Waals surface area (Å²) in [6.07, 6.45) is 1.66. The quantitative estimate of drug-likeness (QED) is 0.587. The SMILES string of the molecule is CC(C)NC(=O)Nc1ccccc1NC(=O)c1cccc2cn[nH]c12. The lowest BCUT2D eigenvalue weighted by Crippen LogP contribution is -2.34. The van der Waals surface area contributed by atoms with E-state index in [-0.39, 0.29) is 18.0 Å². The summed E-state index contributed by atoms with van der Waals surface area (Å²) in [5.74, 6) is -0.284. The van der Waals surface area contributed by atoms with Crippen LogP contribution in [0.5, 0.6) is 0 Å². The van der Waals surface area contributed by atoms with Crippen LogP contribution in [0.4, 0.5) is 16.2 Å². The molecular weight excluding hydrogens is 318 g/mol. The molecule has 7 heteroatoms. The molecule has 3 aromatic rings. The van der Waals surface area contributed by atoms with Gasteiger partial charge < -0.3 is 16.0 Å². The average Bonchev–Trinajstić information content (AvgIpc) is 3.04. The molecule has 0 aliphatic rings. The Kier molecular flexibility index (Phi) is 4.65. The molecule has 0 bridgehead atoms. The van der Waals surface area contributed by atoms with E-state index in [9.17, 15) is 9.59 Å². The highest BCUT2D eigenvalue weighted by Gasteiger charge is 2.14. The van der Waals surface area contributed by atoms with Gasteiger partial charge in [0, 0.05) is 11.4 Å². The van der Waals surface area contributed by atoms with Crippen molar-refractivity contribution in [3.05, 3.63) is 54.2 Å². The molecule has 2 aromatic carbocycles. The number of fused-ring (bicyclic) bond motifs is 1. The molecule has 0 unspecified atom stereocenters. The van der Waals surface area contributed by atoms with Crippen molar-refractivity contribution in [3.63, 3.8) is 0 Å². The number of carbonyl (C=O) groups is 2. The minimum Gasteiger partial charge on any atom is -0.336 e. The molecule has 0 saturated carbocycles. The maximum Gasteiger partial charge on any atom is 0.319 e. The molecular formula is C18H19N5O2. The van der Waals surface area contributed by atoms with Crippen molar-refractivity contribution >= 4 is 34.2 Å². The topological polar surface area (TPSA) is 98.9 Å². The fourth-order valence-corrected chi connectivity index (χ4v) is 2.47. The van der Waals surface area contributed by atoms with E-state index in [4.69, 9.17) is 0 Å². The number of hydrogen-bond donors (Lipinski definition) is 4. The van der Waals surface area contributed by atoms with Crippen molar-refractivity contribution in [1.82, 2.24) is 15.5 Å². The van der Waals surface area contributed by atoms with Crippen LogP contribution in [0.2, 0.25) is 0 Å². The summed E-state index contributed by atoms with van der Waals surface area (Å²) >= 11 is 0. The third kappa shape index (κ3) is 3.77. The van der Waals surface area contributed by atoms with Crippen molar-refractivity contribution in [1.29, 1.82) is 0 Å². The summed E-state index contributed by atoms with van der Waals surface area (Å²) in [4.78, 5) is 24.6. The molecule has 3 amide bonds. The number of rotatable bonds is 4. The Balaban J connectivity index is 1.82. The zero-order valence-corrected chi connectivity index (χ0v) is 14.0. The molecule has 3 rings (SSSR count). The van der Waals surface area contributed by atoms with Crippen LogP contribution < -0.4 is 16.0 Å². The third-order valence-corrected chi connectivity index (χ3v) is 3.56. The zero-order chi connectivity index (χ0) is 17.8. The lowest BCUT2D eigenvalue weighted by molar-refractivity contribution is 0.102. The van der Waals surface area contributed by atoms with Gasteiger partial charge in [0.2, 0.25) is 0 Å². The number of anilines is 2. The molecule has 128 valence electrons. The van der Waals surface area contributed by atoms with Gasteiger partial charge in [0.25, 0.3) is 5.91 Å². The van der Waals surface area contributed by atoms with E-state index in [2.05, 4.69) is 26.1 Å². The highest BCUT2D eigenvalue weighted by Crippen LogP contribution is 2.23. The first-order valence-electron chi connectivity index (χ1n) is 7.94. The van der Waals surface area contributed by atoms with Gasteiger partial charge in [-0.1, -0.05) is 24.3 Å². The van der Waals surface area contributed by atoms with Crippen molar-refractivity contribution in [2.24, 2.45) is 0 Å². The predicted molar refractivity (Wildman–Crippen MR) is 97.8 cm³/mol. The molecule has 25 heavy (non-hydrogen) atoms. The van der Waals surface area contributed by atoms with Crippen LogP contribution in [0.1, 0.15) is 24.2 Å². The summed E-state index contributed by atoms with van der Waals surface area (Å²) in [5, 5.41) is 16.0. The molecule has 0 aliphatic heterocycles. The Morgan fingerprint density at radius 2 is 1.72 bits per heavy atom. The smallest absolute Gasteiger partial charge is 0.319 e. The van der Waals surface area contributed by atoms with Gasteiger partial charge in [-0.2, -0.15) is 5.10 Å². The van der Waals surface area contributed by atoms with E-state index in [1.807, 2.05) is 19.9 Å². The maximum atomic E-state index is 12.7. The average molecular weight is 337 g/mol. The molecule has 1 heterocycles. The summed E-state index contributed by atoms with van der Waals surface area (Å²) in [6.45, 7) is 3.75. The molecule has 0 saturated heterocycles. The van der Waals surface area contributed by atoms with Gasteiger partial charge in [-0.3, -0.25) is 9.89 Å². The summed E-state index contributed by atoms with van der Waals surface area (Å²) < 4.78 is 0. The van der Waals surface area contributed by atoms with E-state index in [0.717, 1.165) is 5.39 Å². The Bertz CT molecular complexity index is 916. The number of benzene rings is 2. The number of para-hydroxylation sites is 3. The minimum atomic E-state index is -0.327. The van der Waals surface area contributed by atoms with E-state index in [0.29, 0.717) is 22.5 Å². The van der Waals surface area contributed by atoms with Gasteiger partial charge in [-0.25, -0.2) is 4.79 Å². The summed E-state index contributed by atoms with van der Waals surface area (Å²) in [5.41, 5.74) is 2.19. The monoisotopic (exact) mass is 337 g/mol. The van der Waals surface area contributed by atoms with E-state index < -0.39 is 0 Å². The second-order valence-electron chi connectivity index (χ2n) is 5.89. The number of urea groups is 1. The molecule has 0 radical (unpaired) electrons. The third-order valence-electron chi connectivity index (χ3n) is 3.56. The number of aromatic nitrogens is 2. The van der Waals surface area contributed by atoms with Crippen molar-refractivity contribution in [2.75, 3.05) is 10.6 Å². The van der Waals surface area contributed by atoms with Crippen LogP contribution in [-0.4, -0.2) is 28.2 Å². The number of nitrogens with zero attached hydrogens (tertiary/aromatic N) is 1. The van der Waals surface area contributed by atoms with Gasteiger partial charge in [-0.05, 0) is 32.0 Å². The van der Waals surface area contributed by atoms with Crippen LogP contribution in [-0.2, 0) is 0 Å². The van der Waals surface area contributed by atoms with Gasteiger partial charge >= 0.3 is 6.03 Å². The summed E-state index contributed by atoms with van der Waals surface area (Å²) in [6, 6.07) is 12.1. The molecule has 7 nitrogen and oxygen atoms in total. The number of nitrogens with one attached hydrogen (secondary N) is 4. The highest BCUT2D eigenvalue weighted by atomic mass is 16.2. The predicted octanol–water partition coefficient (Wildman–Crippen LogP) is 3.35. The van der Waals surface area contributed by atoms with Gasteiger partial charge in [0.15, 0.2) is 0 Å². The van der Waals surface area contributed by atoms with Gasteiger partial charge in [-0.15, -0.1) is 0 Å². The maximum absolute atomic E-state index is 12.7. The van der Waals surface area contributed by atoms with Crippen molar-refractivity contribution in [2.45, 2.75) is 19.9 Å². The molecule has 0 aliphatic carbocycles. The molecule has 0 spiro atoms. The van der Waals surface area contributed by atoms with E-state index in [1.165, 1.54) is 0 Å². The van der Waals surface area contributed by atoms with Gasteiger partial charge in [0.1, 0.15) is 0 Å². The standard InChI is InChI=1S/C18H19N5O2/c1-11(2)20-18(25)22-15-9-4-3-8-14(15)21-17(24)13-7-5-6-12-10-19-23-16(12)13/h3-11H,1-2H3,(H,19,23)(H,21,24)(H2,20,22,25). The largest absolute Gasteiger partial charge is 0.336 e. The number of hydrogen-bond acceptors (Lipinski definition) is 3. The molecule has 0 fully saturated rings. The van der Waals surface area contributed by atoms with Crippen LogP contribution in [0.3, 0.4) is 0 Å². The molecule has 0 atom stereocenters. The summed E-state index contributed by atoms with van der Waals surface area (Å²) in [7, 11) is 0. The fourth-order valence-electron chi connectivity index (χ4n) is 2.47. The van der Waals surface area contributed by atoms with Crippen LogP contribution in [0.25, 0.3) is 10.9 Å². The Morgan fingerprint density at radius 3 is 2.44 bits per heavy atom. The second-order valence-corrected chi connectivity index (χ2v) is 5.89. The first kappa shape index (κ1) is 16.5. The normalized spacial score (nSPS) is 10.7.